The van der Waals surface area contributed by atoms with Gasteiger partial charge in [-0.1, -0.05) is 28.6 Å². The number of hydrogen-bond donors (Lipinski definition) is 0. The van der Waals surface area contributed by atoms with Crippen LogP contribution < -0.4 is 0 Å². The van der Waals surface area contributed by atoms with Crippen LogP contribution in [0.1, 0.15) is 22.3 Å². The van der Waals surface area contributed by atoms with Gasteiger partial charge in [0.1, 0.15) is 0 Å². The molecular formula is C11H8ClN3O. The molecule has 0 atom stereocenters. The Bertz CT molecular complexity index is 496. The molecule has 4 nitrogen and oxygen atoms in total. The molecule has 0 spiro atoms. The molecule has 0 radical (unpaired) electrons. The Kier molecular flexibility index (Phi) is 4.94. The maximum atomic E-state index is 10.6. The Balaban J connectivity index is 2.73. The highest BCUT2D eigenvalue weighted by Gasteiger charge is 1.98. The largest absolute Gasteiger partial charge is 0.298 e. The van der Waals surface area contributed by atoms with Crippen LogP contribution in [0, 0.1) is 11.8 Å². The molecule has 1 rings (SSSR count). The molecule has 0 aliphatic carbocycles. The summed E-state index contributed by atoms with van der Waals surface area (Å²) in [6, 6.07) is 4.98. The van der Waals surface area contributed by atoms with Gasteiger partial charge in [0.15, 0.2) is 6.29 Å². The summed E-state index contributed by atoms with van der Waals surface area (Å²) in [5.41, 5.74) is 9.17. The number of rotatable bonds is 3. The minimum atomic E-state index is 0.345. The molecule has 5 heteroatoms. The van der Waals surface area contributed by atoms with E-state index in [0.29, 0.717) is 35.4 Å². The van der Waals surface area contributed by atoms with Gasteiger partial charge in [-0.2, -0.15) is 0 Å². The summed E-state index contributed by atoms with van der Waals surface area (Å²) in [4.78, 5) is 13.2. The summed E-state index contributed by atoms with van der Waals surface area (Å²) in [6.07, 6.45) is 1.18. The lowest BCUT2D eigenvalue weighted by Crippen LogP contribution is -1.84. The maximum Gasteiger partial charge on any atom is 0.151 e. The highest BCUT2D eigenvalue weighted by molar-refractivity contribution is 6.32. The van der Waals surface area contributed by atoms with Gasteiger partial charge < -0.3 is 0 Å². The molecule has 1 aromatic carbocycles. The van der Waals surface area contributed by atoms with Crippen molar-refractivity contribution >= 4 is 17.9 Å². The van der Waals surface area contributed by atoms with Crippen molar-refractivity contribution in [1.82, 2.24) is 0 Å². The molecule has 0 N–H and O–H groups in total. The molecule has 0 bridgehead atoms. The van der Waals surface area contributed by atoms with Crippen LogP contribution in [0.3, 0.4) is 0 Å². The Labute approximate surface area is 97.9 Å². The van der Waals surface area contributed by atoms with Crippen molar-refractivity contribution in [3.05, 3.63) is 44.8 Å². The first kappa shape index (κ1) is 12.1. The molecule has 0 aliphatic rings. The van der Waals surface area contributed by atoms with Crippen LogP contribution >= 0.6 is 11.6 Å². The minimum Gasteiger partial charge on any atom is -0.298 e. The first-order valence-electron chi connectivity index (χ1n) is 4.52. The van der Waals surface area contributed by atoms with Gasteiger partial charge in [-0.15, -0.1) is 0 Å². The Hall–Kier alpha value is -1.95. The summed E-state index contributed by atoms with van der Waals surface area (Å²) < 4.78 is 0. The number of halogens is 1. The van der Waals surface area contributed by atoms with Crippen molar-refractivity contribution in [2.45, 2.75) is 6.42 Å². The highest BCUT2D eigenvalue weighted by atomic mass is 35.5. The number of carbonyl (C=O) groups excluding carboxylic acids is 1. The van der Waals surface area contributed by atoms with Crippen LogP contribution in [-0.2, 0) is 0 Å². The van der Waals surface area contributed by atoms with E-state index < -0.39 is 0 Å². The molecule has 80 valence electrons. The van der Waals surface area contributed by atoms with Crippen molar-refractivity contribution in [1.29, 1.82) is 0 Å². The molecule has 0 fully saturated rings. The van der Waals surface area contributed by atoms with Gasteiger partial charge in [-0.3, -0.25) is 4.79 Å². The molecule has 0 amide bonds. The monoisotopic (exact) mass is 233 g/mol. The van der Waals surface area contributed by atoms with Crippen LogP contribution in [0.5, 0.6) is 0 Å². The van der Waals surface area contributed by atoms with Crippen molar-refractivity contribution in [2.75, 3.05) is 6.54 Å². The second-order valence-electron chi connectivity index (χ2n) is 2.86. The summed E-state index contributed by atoms with van der Waals surface area (Å²) in [6.45, 7) is 0.345. The van der Waals surface area contributed by atoms with Gasteiger partial charge >= 0.3 is 0 Å². The fourth-order valence-corrected chi connectivity index (χ4v) is 1.19. The molecule has 0 saturated carbocycles. The molecule has 16 heavy (non-hydrogen) atoms. The summed E-state index contributed by atoms with van der Waals surface area (Å²) in [5, 5.41) is 3.76. The second-order valence-corrected chi connectivity index (χ2v) is 3.27. The van der Waals surface area contributed by atoms with E-state index in [-0.39, 0.29) is 0 Å². The summed E-state index contributed by atoms with van der Waals surface area (Å²) in [7, 11) is 0. The lowest BCUT2D eigenvalue weighted by atomic mass is 10.1. The Morgan fingerprint density at radius 3 is 3.06 bits per heavy atom. The van der Waals surface area contributed by atoms with Crippen LogP contribution in [-0.4, -0.2) is 12.8 Å². The van der Waals surface area contributed by atoms with Gasteiger partial charge in [-0.05, 0) is 23.7 Å². The third-order valence-corrected chi connectivity index (χ3v) is 2.10. The topological polar surface area (TPSA) is 65.8 Å². The average molecular weight is 234 g/mol. The fraction of sp³-hybridized carbons (Fsp3) is 0.182. The second kappa shape index (κ2) is 6.52. The number of aldehydes is 1. The van der Waals surface area contributed by atoms with Gasteiger partial charge in [-0.25, -0.2) is 0 Å². The first-order chi connectivity index (χ1) is 7.77. The van der Waals surface area contributed by atoms with E-state index in [1.165, 1.54) is 0 Å². The number of hydrogen-bond acceptors (Lipinski definition) is 2. The number of carbonyl (C=O) groups is 1. The Morgan fingerprint density at radius 2 is 2.38 bits per heavy atom. The van der Waals surface area contributed by atoms with Crippen LogP contribution in [0.2, 0.25) is 5.02 Å². The first-order valence-corrected chi connectivity index (χ1v) is 4.90. The van der Waals surface area contributed by atoms with Gasteiger partial charge in [0.25, 0.3) is 0 Å². The third kappa shape index (κ3) is 3.66. The third-order valence-electron chi connectivity index (χ3n) is 1.76. The van der Waals surface area contributed by atoms with Crippen molar-refractivity contribution < 1.29 is 4.79 Å². The molecule has 0 aromatic heterocycles. The fourth-order valence-electron chi connectivity index (χ4n) is 1.03. The molecule has 1 aromatic rings. The summed E-state index contributed by atoms with van der Waals surface area (Å²) in [5.74, 6) is 5.69. The molecular weight excluding hydrogens is 226 g/mol. The van der Waals surface area contributed by atoms with Gasteiger partial charge in [0, 0.05) is 29.0 Å². The zero-order chi connectivity index (χ0) is 11.8. The van der Waals surface area contributed by atoms with E-state index in [9.17, 15) is 4.79 Å². The van der Waals surface area contributed by atoms with E-state index in [1.54, 1.807) is 18.2 Å². The smallest absolute Gasteiger partial charge is 0.151 e. The van der Waals surface area contributed by atoms with Crippen LogP contribution in [0.4, 0.5) is 0 Å². The molecule has 0 aliphatic heterocycles. The van der Waals surface area contributed by atoms with Crippen LogP contribution in [0.15, 0.2) is 23.3 Å². The van der Waals surface area contributed by atoms with Gasteiger partial charge in [0.2, 0.25) is 0 Å². The van der Waals surface area contributed by atoms with E-state index >= 15 is 0 Å². The van der Waals surface area contributed by atoms with E-state index in [2.05, 4.69) is 21.9 Å². The predicted octanol–water partition coefficient (Wildman–Crippen LogP) is 3.20. The normalized spacial score (nSPS) is 8.56. The lowest BCUT2D eigenvalue weighted by Gasteiger charge is -1.95. The minimum absolute atomic E-state index is 0.345. The molecule has 0 unspecified atom stereocenters. The average Bonchev–Trinajstić information content (AvgIpc) is 2.31. The molecule has 0 saturated heterocycles. The zero-order valence-electron chi connectivity index (χ0n) is 8.35. The van der Waals surface area contributed by atoms with Crippen molar-refractivity contribution in [2.24, 2.45) is 5.11 Å². The summed E-state index contributed by atoms with van der Waals surface area (Å²) >= 11 is 5.76. The van der Waals surface area contributed by atoms with Crippen molar-refractivity contribution in [3.63, 3.8) is 0 Å². The highest BCUT2D eigenvalue weighted by Crippen LogP contribution is 2.14. The number of nitrogens with zero attached hydrogens (tertiary/aromatic N) is 3. The zero-order valence-corrected chi connectivity index (χ0v) is 9.11. The van der Waals surface area contributed by atoms with E-state index in [4.69, 9.17) is 17.1 Å². The van der Waals surface area contributed by atoms with Crippen LogP contribution in [0.25, 0.3) is 10.4 Å². The Morgan fingerprint density at radius 1 is 1.56 bits per heavy atom. The maximum absolute atomic E-state index is 10.6. The standard InChI is InChI=1S/C11H8ClN3O/c12-11-5-4-9(7-10(11)8-16)3-1-2-6-14-15-13/h4-5,7-8H,2,6H2. The number of benzene rings is 1. The van der Waals surface area contributed by atoms with E-state index in [0.717, 1.165) is 0 Å². The number of azide groups is 1. The van der Waals surface area contributed by atoms with E-state index in [1.807, 2.05) is 0 Å². The van der Waals surface area contributed by atoms with Gasteiger partial charge in [0.05, 0.1) is 5.02 Å². The molecule has 0 heterocycles. The predicted molar refractivity (Wildman–Crippen MR) is 62.3 cm³/mol. The van der Waals surface area contributed by atoms with Crippen molar-refractivity contribution in [3.8, 4) is 11.8 Å². The lowest BCUT2D eigenvalue weighted by molar-refractivity contribution is 0.112. The quantitative estimate of drug-likeness (QED) is 0.197. The SMILES string of the molecule is [N-]=[N+]=NCCC#Cc1ccc(Cl)c(C=O)c1.